The molecule has 3 aromatic carbocycles. The quantitative estimate of drug-likeness (QED) is 0.483. The lowest BCUT2D eigenvalue weighted by Crippen LogP contribution is -2.39. The van der Waals surface area contributed by atoms with Gasteiger partial charge in [0.05, 0.1) is 24.6 Å². The topological polar surface area (TPSA) is 75.2 Å². The summed E-state index contributed by atoms with van der Waals surface area (Å²) in [4.78, 5) is 20.5. The van der Waals surface area contributed by atoms with Crippen LogP contribution in [-0.2, 0) is 9.47 Å². The van der Waals surface area contributed by atoms with Crippen LogP contribution in [0.5, 0.6) is 0 Å². The Morgan fingerprint density at radius 1 is 1.03 bits per heavy atom. The highest BCUT2D eigenvalue weighted by molar-refractivity contribution is 6.16. The fourth-order valence-electron chi connectivity index (χ4n) is 4.62. The van der Waals surface area contributed by atoms with Crippen LogP contribution in [0.3, 0.4) is 0 Å². The molecule has 0 spiro atoms. The normalized spacial score (nSPS) is 18.5. The van der Waals surface area contributed by atoms with Crippen molar-refractivity contribution < 1.29 is 14.3 Å². The molecule has 5 rings (SSSR count). The highest BCUT2D eigenvalue weighted by atomic mass is 16.6. The number of amides is 1. The van der Waals surface area contributed by atoms with E-state index in [1.807, 2.05) is 84.9 Å². The number of aliphatic imine (C=N–C) groups is 1. The Kier molecular flexibility index (Phi) is 7.93. The number of hydrogen-bond acceptors (Lipinski definition) is 6. The second-order valence-corrected chi connectivity index (χ2v) is 9.13. The van der Waals surface area contributed by atoms with E-state index in [0.717, 1.165) is 60.9 Å². The Bertz CT molecular complexity index is 1240. The molecule has 1 amide bonds. The van der Waals surface area contributed by atoms with Gasteiger partial charge in [0.25, 0.3) is 0 Å². The standard InChI is InChI=1S/C30H32N4O3/c1-22-29(32-28(24-12-6-3-7-13-24)25-14-8-9-15-26(25)31-22)33-30(35)37-27(23-10-4-2-5-11-23)16-17-34-18-20-36-21-19-34/h2-15,27,29,31H,1,16-21H2,(H,33,35)/t27-,29+/m1/s1. The number of fused-ring (bicyclic) bond motifs is 1. The van der Waals surface area contributed by atoms with Crippen LogP contribution in [0.15, 0.2) is 102 Å². The van der Waals surface area contributed by atoms with Gasteiger partial charge >= 0.3 is 6.09 Å². The number of para-hydroxylation sites is 1. The van der Waals surface area contributed by atoms with Crippen molar-refractivity contribution in [2.24, 2.45) is 4.99 Å². The van der Waals surface area contributed by atoms with Crippen molar-refractivity contribution in [1.29, 1.82) is 0 Å². The van der Waals surface area contributed by atoms with Gasteiger partial charge in [0, 0.05) is 42.9 Å². The molecule has 7 nitrogen and oxygen atoms in total. The third-order valence-electron chi connectivity index (χ3n) is 6.60. The molecule has 0 bridgehead atoms. The van der Waals surface area contributed by atoms with Crippen LogP contribution in [-0.4, -0.2) is 55.7 Å². The van der Waals surface area contributed by atoms with Crippen molar-refractivity contribution >= 4 is 17.5 Å². The molecule has 3 aromatic rings. The van der Waals surface area contributed by atoms with Crippen LogP contribution >= 0.6 is 0 Å². The zero-order valence-electron chi connectivity index (χ0n) is 20.8. The first-order valence-electron chi connectivity index (χ1n) is 12.7. The molecule has 2 aliphatic heterocycles. The zero-order chi connectivity index (χ0) is 25.5. The van der Waals surface area contributed by atoms with Crippen molar-refractivity contribution in [3.05, 3.63) is 114 Å². The van der Waals surface area contributed by atoms with Crippen molar-refractivity contribution in [1.82, 2.24) is 10.2 Å². The summed E-state index contributed by atoms with van der Waals surface area (Å²) in [5.41, 5.74) is 5.10. The summed E-state index contributed by atoms with van der Waals surface area (Å²) < 4.78 is 11.5. The lowest BCUT2D eigenvalue weighted by atomic mass is 10.0. The molecule has 190 valence electrons. The number of carbonyl (C=O) groups excluding carboxylic acids is 1. The second kappa shape index (κ2) is 11.9. The van der Waals surface area contributed by atoms with Gasteiger partial charge in [-0.25, -0.2) is 4.79 Å². The van der Waals surface area contributed by atoms with Gasteiger partial charge in [-0.3, -0.25) is 15.2 Å². The van der Waals surface area contributed by atoms with E-state index in [1.54, 1.807) is 0 Å². The second-order valence-electron chi connectivity index (χ2n) is 9.13. The highest BCUT2D eigenvalue weighted by Crippen LogP contribution is 2.27. The minimum absolute atomic E-state index is 0.384. The number of morpholine rings is 1. The molecular weight excluding hydrogens is 464 g/mol. The van der Waals surface area contributed by atoms with Crippen molar-refractivity contribution in [2.75, 3.05) is 38.2 Å². The fraction of sp³-hybridized carbons (Fsp3) is 0.267. The van der Waals surface area contributed by atoms with E-state index in [9.17, 15) is 4.79 Å². The predicted octanol–water partition coefficient (Wildman–Crippen LogP) is 4.98. The van der Waals surface area contributed by atoms with Crippen LogP contribution in [0, 0.1) is 0 Å². The van der Waals surface area contributed by atoms with E-state index in [4.69, 9.17) is 14.5 Å². The number of rotatable bonds is 7. The molecule has 2 aliphatic rings. The van der Waals surface area contributed by atoms with Crippen LogP contribution in [0.1, 0.15) is 29.2 Å². The molecular formula is C30H32N4O3. The molecule has 1 fully saturated rings. The van der Waals surface area contributed by atoms with Crippen LogP contribution in [0.4, 0.5) is 10.5 Å². The van der Waals surface area contributed by atoms with Crippen LogP contribution < -0.4 is 10.6 Å². The average molecular weight is 497 g/mol. The first kappa shape index (κ1) is 24.7. The van der Waals surface area contributed by atoms with Gasteiger partial charge in [-0.1, -0.05) is 85.4 Å². The first-order valence-corrected chi connectivity index (χ1v) is 12.7. The van der Waals surface area contributed by atoms with E-state index in [2.05, 4.69) is 22.1 Å². The lowest BCUT2D eigenvalue weighted by Gasteiger charge is -2.28. The molecule has 0 radical (unpaired) electrons. The SMILES string of the molecule is C=C1Nc2ccccc2C(c2ccccc2)=N[C@H]1NC(=O)O[C@H](CCN1CCOCC1)c1ccccc1. The fourth-order valence-corrected chi connectivity index (χ4v) is 4.62. The van der Waals surface area contributed by atoms with Gasteiger partial charge in [0.15, 0.2) is 6.17 Å². The summed E-state index contributed by atoms with van der Waals surface area (Å²) in [6.45, 7) is 8.23. The molecule has 1 saturated heterocycles. The number of nitrogens with zero attached hydrogens (tertiary/aromatic N) is 2. The Hall–Kier alpha value is -3.94. The lowest BCUT2D eigenvalue weighted by molar-refractivity contribution is 0.0266. The summed E-state index contributed by atoms with van der Waals surface area (Å²) in [6, 6.07) is 27.7. The number of benzene rings is 3. The Balaban J connectivity index is 1.34. The Labute approximate surface area is 217 Å². The average Bonchev–Trinajstić information content (AvgIpc) is 3.08. The van der Waals surface area contributed by atoms with Gasteiger partial charge in [0.1, 0.15) is 6.10 Å². The third kappa shape index (κ3) is 6.25. The number of anilines is 1. The Morgan fingerprint density at radius 2 is 1.70 bits per heavy atom. The van der Waals surface area contributed by atoms with Crippen molar-refractivity contribution in [3.63, 3.8) is 0 Å². The van der Waals surface area contributed by atoms with Crippen LogP contribution in [0.25, 0.3) is 0 Å². The van der Waals surface area contributed by atoms with E-state index >= 15 is 0 Å². The molecule has 2 atom stereocenters. The van der Waals surface area contributed by atoms with E-state index in [-0.39, 0.29) is 6.10 Å². The molecule has 0 saturated carbocycles. The maximum absolute atomic E-state index is 13.2. The van der Waals surface area contributed by atoms with Gasteiger partial charge in [-0.2, -0.15) is 0 Å². The van der Waals surface area contributed by atoms with Gasteiger partial charge in [0.2, 0.25) is 0 Å². The molecule has 0 aliphatic carbocycles. The van der Waals surface area contributed by atoms with Gasteiger partial charge < -0.3 is 14.8 Å². The van der Waals surface area contributed by atoms with E-state index in [0.29, 0.717) is 12.1 Å². The molecule has 2 heterocycles. The highest BCUT2D eigenvalue weighted by Gasteiger charge is 2.26. The monoisotopic (exact) mass is 496 g/mol. The summed E-state index contributed by atoms with van der Waals surface area (Å²) >= 11 is 0. The number of nitrogens with one attached hydrogen (secondary N) is 2. The molecule has 7 heteroatoms. The summed E-state index contributed by atoms with van der Waals surface area (Å²) in [5, 5.41) is 6.27. The number of carbonyl (C=O) groups is 1. The van der Waals surface area contributed by atoms with Gasteiger partial charge in [-0.05, 0) is 11.6 Å². The maximum Gasteiger partial charge on any atom is 0.409 e. The Morgan fingerprint density at radius 3 is 2.46 bits per heavy atom. The minimum atomic E-state index is -0.703. The largest absolute Gasteiger partial charge is 0.441 e. The van der Waals surface area contributed by atoms with Crippen molar-refractivity contribution in [3.8, 4) is 0 Å². The predicted molar refractivity (Wildman–Crippen MR) is 146 cm³/mol. The maximum atomic E-state index is 13.2. The number of ether oxygens (including phenoxy) is 2. The smallest absolute Gasteiger partial charge is 0.409 e. The number of benzodiazepines with no additional fused rings is 1. The third-order valence-corrected chi connectivity index (χ3v) is 6.60. The number of alkyl carbamates (subject to hydrolysis) is 1. The summed E-state index contributed by atoms with van der Waals surface area (Å²) in [5.74, 6) is 0. The van der Waals surface area contributed by atoms with Gasteiger partial charge in [-0.15, -0.1) is 0 Å². The molecule has 37 heavy (non-hydrogen) atoms. The van der Waals surface area contributed by atoms with Crippen LogP contribution in [0.2, 0.25) is 0 Å². The minimum Gasteiger partial charge on any atom is -0.441 e. The number of hydrogen-bond donors (Lipinski definition) is 2. The molecule has 0 unspecified atom stereocenters. The molecule has 2 N–H and O–H groups in total. The summed E-state index contributed by atoms with van der Waals surface area (Å²) in [7, 11) is 0. The van der Waals surface area contributed by atoms with E-state index in [1.165, 1.54) is 0 Å². The molecule has 0 aromatic heterocycles. The van der Waals surface area contributed by atoms with E-state index < -0.39 is 12.3 Å². The van der Waals surface area contributed by atoms with Crippen molar-refractivity contribution in [2.45, 2.75) is 18.7 Å². The summed E-state index contributed by atoms with van der Waals surface area (Å²) in [6.07, 6.45) is -0.937. The zero-order valence-corrected chi connectivity index (χ0v) is 20.8. The first-order chi connectivity index (χ1) is 18.2.